The van der Waals surface area contributed by atoms with E-state index < -0.39 is 11.0 Å². The summed E-state index contributed by atoms with van der Waals surface area (Å²) < 4.78 is 0. The topological polar surface area (TPSA) is 63.4 Å². The summed E-state index contributed by atoms with van der Waals surface area (Å²) >= 11 is 0. The molecular formula is C16H17NO3. The molecule has 0 saturated heterocycles. The van der Waals surface area contributed by atoms with Crippen LogP contribution in [-0.4, -0.2) is 10.0 Å². The highest BCUT2D eigenvalue weighted by atomic mass is 16.6. The number of aryl methyl sites for hydroxylation is 2. The molecule has 0 saturated carbocycles. The van der Waals surface area contributed by atoms with Gasteiger partial charge in [0.05, 0.1) is 4.92 Å². The van der Waals surface area contributed by atoms with Gasteiger partial charge in [-0.2, -0.15) is 0 Å². The zero-order valence-corrected chi connectivity index (χ0v) is 11.5. The Labute approximate surface area is 117 Å². The lowest BCUT2D eigenvalue weighted by Gasteiger charge is -2.12. The maximum absolute atomic E-state index is 10.9. The van der Waals surface area contributed by atoms with Crippen molar-refractivity contribution in [3.63, 3.8) is 0 Å². The largest absolute Gasteiger partial charge is 0.384 e. The molecule has 0 aliphatic carbocycles. The molecule has 4 nitrogen and oxygen atoms in total. The van der Waals surface area contributed by atoms with Crippen molar-refractivity contribution in [2.45, 2.75) is 26.4 Å². The zero-order valence-electron chi connectivity index (χ0n) is 11.5. The Morgan fingerprint density at radius 3 is 2.30 bits per heavy atom. The van der Waals surface area contributed by atoms with Gasteiger partial charge >= 0.3 is 0 Å². The number of rotatable bonds is 4. The molecule has 2 aromatic rings. The highest BCUT2D eigenvalue weighted by Crippen LogP contribution is 2.27. The first-order valence-electron chi connectivity index (χ1n) is 6.54. The summed E-state index contributed by atoms with van der Waals surface area (Å²) in [6, 6.07) is 12.5. The van der Waals surface area contributed by atoms with Crippen LogP contribution in [0.5, 0.6) is 0 Å². The minimum Gasteiger partial charge on any atom is -0.384 e. The molecular weight excluding hydrogens is 254 g/mol. The standard InChI is InChI=1S/C16H17NO3/c1-3-12-5-8-13(9-6-12)16(18)14-7-4-11(2)15(10-14)17(19)20/h4-10,16,18H,3H2,1-2H3. The Bertz CT molecular complexity index is 620. The van der Waals surface area contributed by atoms with Crippen LogP contribution in [0.25, 0.3) is 0 Å². The van der Waals surface area contributed by atoms with E-state index in [1.807, 2.05) is 24.3 Å². The number of hydrogen-bond acceptors (Lipinski definition) is 3. The van der Waals surface area contributed by atoms with Gasteiger partial charge in [-0.25, -0.2) is 0 Å². The fourth-order valence-corrected chi connectivity index (χ4v) is 2.12. The fourth-order valence-electron chi connectivity index (χ4n) is 2.12. The van der Waals surface area contributed by atoms with E-state index in [9.17, 15) is 15.2 Å². The SMILES string of the molecule is CCc1ccc(C(O)c2ccc(C)c([N+](=O)[O-])c2)cc1. The Morgan fingerprint density at radius 2 is 1.75 bits per heavy atom. The summed E-state index contributed by atoms with van der Waals surface area (Å²) in [5, 5.41) is 21.3. The summed E-state index contributed by atoms with van der Waals surface area (Å²) in [7, 11) is 0. The third kappa shape index (κ3) is 2.86. The van der Waals surface area contributed by atoms with E-state index in [1.165, 1.54) is 11.6 Å². The third-order valence-corrected chi connectivity index (χ3v) is 3.45. The molecule has 1 N–H and O–H groups in total. The van der Waals surface area contributed by atoms with E-state index in [0.717, 1.165) is 12.0 Å². The first kappa shape index (κ1) is 14.2. The number of hydrogen-bond donors (Lipinski definition) is 1. The van der Waals surface area contributed by atoms with Gasteiger partial charge in [-0.3, -0.25) is 10.1 Å². The molecule has 1 unspecified atom stereocenters. The van der Waals surface area contributed by atoms with Gasteiger partial charge < -0.3 is 5.11 Å². The number of benzene rings is 2. The highest BCUT2D eigenvalue weighted by molar-refractivity contribution is 5.45. The van der Waals surface area contributed by atoms with Gasteiger partial charge in [-0.15, -0.1) is 0 Å². The molecule has 0 spiro atoms. The molecule has 4 heteroatoms. The third-order valence-electron chi connectivity index (χ3n) is 3.45. The second-order valence-electron chi connectivity index (χ2n) is 4.80. The average Bonchev–Trinajstić information content (AvgIpc) is 2.47. The van der Waals surface area contributed by atoms with Crippen molar-refractivity contribution in [1.82, 2.24) is 0 Å². The van der Waals surface area contributed by atoms with Crippen LogP contribution >= 0.6 is 0 Å². The van der Waals surface area contributed by atoms with E-state index in [2.05, 4.69) is 6.92 Å². The van der Waals surface area contributed by atoms with Crippen molar-refractivity contribution in [3.05, 3.63) is 74.8 Å². The molecule has 0 amide bonds. The van der Waals surface area contributed by atoms with Crippen molar-refractivity contribution in [2.75, 3.05) is 0 Å². The molecule has 0 bridgehead atoms. The molecule has 1 atom stereocenters. The van der Waals surface area contributed by atoms with E-state index in [4.69, 9.17) is 0 Å². The van der Waals surface area contributed by atoms with E-state index >= 15 is 0 Å². The van der Waals surface area contributed by atoms with Crippen LogP contribution in [0.1, 0.15) is 35.3 Å². The number of nitrogens with zero attached hydrogens (tertiary/aromatic N) is 1. The van der Waals surface area contributed by atoms with Gasteiger partial charge in [0.2, 0.25) is 0 Å². The fraction of sp³-hybridized carbons (Fsp3) is 0.250. The highest BCUT2D eigenvalue weighted by Gasteiger charge is 2.16. The number of nitro benzene ring substituents is 1. The monoisotopic (exact) mass is 271 g/mol. The van der Waals surface area contributed by atoms with Crippen LogP contribution in [0.15, 0.2) is 42.5 Å². The van der Waals surface area contributed by atoms with E-state index in [1.54, 1.807) is 19.1 Å². The Kier molecular flexibility index (Phi) is 4.15. The van der Waals surface area contributed by atoms with Crippen LogP contribution < -0.4 is 0 Å². The van der Waals surface area contributed by atoms with Gasteiger partial charge in [-0.1, -0.05) is 43.3 Å². The number of aliphatic hydroxyl groups excluding tert-OH is 1. The Hall–Kier alpha value is -2.20. The van der Waals surface area contributed by atoms with E-state index in [0.29, 0.717) is 11.1 Å². The summed E-state index contributed by atoms with van der Waals surface area (Å²) in [5.41, 5.74) is 3.08. The van der Waals surface area contributed by atoms with Crippen molar-refractivity contribution in [1.29, 1.82) is 0 Å². The normalized spacial score (nSPS) is 12.2. The minimum atomic E-state index is -0.847. The number of nitro groups is 1. The average molecular weight is 271 g/mol. The lowest BCUT2D eigenvalue weighted by atomic mass is 9.98. The first-order valence-corrected chi connectivity index (χ1v) is 6.54. The molecule has 104 valence electrons. The van der Waals surface area contributed by atoms with Crippen molar-refractivity contribution < 1.29 is 10.0 Å². The van der Waals surface area contributed by atoms with Gasteiger partial charge in [-0.05, 0) is 30.0 Å². The minimum absolute atomic E-state index is 0.0340. The summed E-state index contributed by atoms with van der Waals surface area (Å²) in [4.78, 5) is 10.5. The lowest BCUT2D eigenvalue weighted by molar-refractivity contribution is -0.385. The van der Waals surface area contributed by atoms with Gasteiger partial charge in [0.15, 0.2) is 0 Å². The smallest absolute Gasteiger partial charge is 0.272 e. The first-order chi connectivity index (χ1) is 9.52. The summed E-state index contributed by atoms with van der Waals surface area (Å²) in [6.45, 7) is 3.75. The van der Waals surface area contributed by atoms with Crippen LogP contribution in [0.4, 0.5) is 5.69 Å². The predicted molar refractivity (Wildman–Crippen MR) is 77.7 cm³/mol. The predicted octanol–water partition coefficient (Wildman–Crippen LogP) is 3.55. The van der Waals surface area contributed by atoms with Crippen molar-refractivity contribution >= 4 is 5.69 Å². The maximum Gasteiger partial charge on any atom is 0.272 e. The summed E-state index contributed by atoms with van der Waals surface area (Å²) in [6.07, 6.45) is 0.0899. The maximum atomic E-state index is 10.9. The zero-order chi connectivity index (χ0) is 14.7. The summed E-state index contributed by atoms with van der Waals surface area (Å²) in [5.74, 6) is 0. The van der Waals surface area contributed by atoms with Gasteiger partial charge in [0, 0.05) is 11.6 Å². The Morgan fingerprint density at radius 1 is 1.15 bits per heavy atom. The second-order valence-corrected chi connectivity index (χ2v) is 4.80. The molecule has 2 rings (SSSR count). The molecule has 0 fully saturated rings. The lowest BCUT2D eigenvalue weighted by Crippen LogP contribution is -2.02. The molecule has 0 aliphatic heterocycles. The van der Waals surface area contributed by atoms with Crippen LogP contribution in [-0.2, 0) is 6.42 Å². The van der Waals surface area contributed by atoms with Crippen molar-refractivity contribution in [3.8, 4) is 0 Å². The molecule has 0 aromatic heterocycles. The second kappa shape index (κ2) is 5.84. The Balaban J connectivity index is 2.34. The quantitative estimate of drug-likeness (QED) is 0.683. The molecule has 2 aromatic carbocycles. The van der Waals surface area contributed by atoms with Gasteiger partial charge in [0.25, 0.3) is 5.69 Å². The molecule has 0 heterocycles. The van der Waals surface area contributed by atoms with Crippen LogP contribution in [0.2, 0.25) is 0 Å². The van der Waals surface area contributed by atoms with E-state index in [-0.39, 0.29) is 5.69 Å². The molecule has 20 heavy (non-hydrogen) atoms. The molecule has 0 radical (unpaired) electrons. The van der Waals surface area contributed by atoms with Crippen molar-refractivity contribution in [2.24, 2.45) is 0 Å². The van der Waals surface area contributed by atoms with Crippen LogP contribution in [0, 0.1) is 17.0 Å². The molecule has 0 aliphatic rings. The van der Waals surface area contributed by atoms with Gasteiger partial charge in [0.1, 0.15) is 6.10 Å². The van der Waals surface area contributed by atoms with Crippen LogP contribution in [0.3, 0.4) is 0 Å². The number of aliphatic hydroxyl groups is 1.